The molecular weight excluding hydrogens is 480 g/mol. The van der Waals surface area contributed by atoms with Crippen LogP contribution in [0.25, 0.3) is 0 Å². The Morgan fingerprint density at radius 2 is 1.47 bits per heavy atom. The van der Waals surface area contributed by atoms with Gasteiger partial charge in [-0.25, -0.2) is 9.37 Å². The second-order valence-corrected chi connectivity index (χ2v) is 8.34. The Hall–Kier alpha value is -3.74. The maximum Gasteiger partial charge on any atom is 0.419 e. The van der Waals surface area contributed by atoms with Gasteiger partial charge in [0.15, 0.2) is 0 Å². The van der Waals surface area contributed by atoms with Crippen LogP contribution in [-0.2, 0) is 10.9 Å². The van der Waals surface area contributed by atoms with Crippen LogP contribution in [0, 0.1) is 5.82 Å². The number of halogens is 4. The number of ether oxygens (including phenoxy) is 1. The number of rotatable bonds is 5. The van der Waals surface area contributed by atoms with Crippen molar-refractivity contribution in [1.82, 2.24) is 19.9 Å². The van der Waals surface area contributed by atoms with E-state index in [9.17, 15) is 17.6 Å². The topological polar surface area (TPSA) is 82.5 Å². The highest BCUT2D eigenvalue weighted by atomic mass is 19.4. The lowest BCUT2D eigenvalue weighted by molar-refractivity contribution is -0.137. The van der Waals surface area contributed by atoms with Gasteiger partial charge in [0.2, 0.25) is 17.8 Å². The van der Waals surface area contributed by atoms with Crippen LogP contribution < -0.4 is 20.0 Å². The Balaban J connectivity index is 1.38. The lowest BCUT2D eigenvalue weighted by Gasteiger charge is -2.36. The fourth-order valence-electron chi connectivity index (χ4n) is 4.14. The van der Waals surface area contributed by atoms with Crippen LogP contribution >= 0.6 is 0 Å². The smallest absolute Gasteiger partial charge is 0.378 e. The highest BCUT2D eigenvalue weighted by Gasteiger charge is 2.36. The molecule has 0 spiro atoms. The van der Waals surface area contributed by atoms with Gasteiger partial charge in [0.25, 0.3) is 0 Å². The van der Waals surface area contributed by atoms with Gasteiger partial charge in [-0.05, 0) is 30.3 Å². The number of morpholine rings is 1. The average molecular weight is 504 g/mol. The first-order valence-corrected chi connectivity index (χ1v) is 11.5. The molecule has 0 amide bonds. The molecule has 0 saturated carbocycles. The summed E-state index contributed by atoms with van der Waals surface area (Å²) in [6.45, 7) is 3.69. The molecule has 13 heteroatoms. The average Bonchev–Trinajstić information content (AvgIpc) is 2.89. The van der Waals surface area contributed by atoms with E-state index in [1.165, 1.54) is 24.4 Å². The number of nitrogens with zero attached hydrogens (tertiary/aromatic N) is 7. The highest BCUT2D eigenvalue weighted by Crippen LogP contribution is 2.35. The third-order valence-corrected chi connectivity index (χ3v) is 5.94. The Labute approximate surface area is 204 Å². The van der Waals surface area contributed by atoms with Crippen LogP contribution in [0.5, 0.6) is 0 Å². The van der Waals surface area contributed by atoms with Crippen LogP contribution in [0.2, 0.25) is 0 Å². The summed E-state index contributed by atoms with van der Waals surface area (Å²) in [5.74, 6) is 0.615. The number of hydrogen-bond acceptors (Lipinski definition) is 9. The van der Waals surface area contributed by atoms with Crippen molar-refractivity contribution in [3.8, 4) is 0 Å². The molecule has 3 aromatic rings. The van der Waals surface area contributed by atoms with Crippen LogP contribution in [0.4, 0.5) is 46.9 Å². The molecule has 4 heterocycles. The Morgan fingerprint density at radius 1 is 0.806 bits per heavy atom. The minimum atomic E-state index is -4.49. The number of pyridine rings is 1. The van der Waals surface area contributed by atoms with Gasteiger partial charge in [-0.3, -0.25) is 0 Å². The first-order valence-electron chi connectivity index (χ1n) is 11.5. The van der Waals surface area contributed by atoms with Gasteiger partial charge in [0.05, 0.1) is 18.8 Å². The van der Waals surface area contributed by atoms with Crippen molar-refractivity contribution < 1.29 is 22.3 Å². The molecule has 2 fully saturated rings. The highest BCUT2D eigenvalue weighted by molar-refractivity contribution is 5.57. The molecule has 5 rings (SSSR count). The normalized spacial score (nSPS) is 16.8. The lowest BCUT2D eigenvalue weighted by Crippen LogP contribution is -2.48. The van der Waals surface area contributed by atoms with Crippen molar-refractivity contribution >= 4 is 29.4 Å². The molecular formula is C23H24F4N8O. The predicted molar refractivity (Wildman–Crippen MR) is 126 cm³/mol. The van der Waals surface area contributed by atoms with Gasteiger partial charge in [0.1, 0.15) is 11.6 Å². The van der Waals surface area contributed by atoms with Crippen molar-refractivity contribution in [2.45, 2.75) is 6.18 Å². The van der Waals surface area contributed by atoms with E-state index in [4.69, 9.17) is 4.74 Å². The third kappa shape index (κ3) is 5.40. The molecule has 2 saturated heterocycles. The zero-order valence-electron chi connectivity index (χ0n) is 19.2. The second kappa shape index (κ2) is 10.1. The standard InChI is InChI=1S/C23H24F4N8O/c24-16-3-1-4-17(15-16)29-20-30-21(32-22(31-20)35-11-13-36-14-12-35)34-9-7-33(8-10-34)19-18(23(25,26)27)5-2-6-28-19/h1-6,15H,7-14H2,(H,29,30,31,32). The SMILES string of the molecule is Fc1cccc(Nc2nc(N3CCOCC3)nc(N3CCN(c4ncccc4C(F)(F)F)CC3)n2)c1. The largest absolute Gasteiger partial charge is 0.419 e. The third-order valence-electron chi connectivity index (χ3n) is 5.94. The zero-order chi connectivity index (χ0) is 25.1. The minimum Gasteiger partial charge on any atom is -0.378 e. The van der Waals surface area contributed by atoms with E-state index in [1.807, 2.05) is 9.80 Å². The molecule has 0 bridgehead atoms. The summed E-state index contributed by atoms with van der Waals surface area (Å²) in [5.41, 5.74) is -0.269. The van der Waals surface area contributed by atoms with Crippen LogP contribution in [0.15, 0.2) is 42.6 Å². The summed E-state index contributed by atoms with van der Waals surface area (Å²) in [6.07, 6.45) is -3.12. The number of alkyl halides is 3. The fourth-order valence-corrected chi connectivity index (χ4v) is 4.14. The molecule has 1 aromatic carbocycles. The Bertz CT molecular complexity index is 1200. The summed E-state index contributed by atoms with van der Waals surface area (Å²) in [4.78, 5) is 23.2. The zero-order valence-corrected chi connectivity index (χ0v) is 19.2. The summed E-state index contributed by atoms with van der Waals surface area (Å²) < 4.78 is 59.5. The van der Waals surface area contributed by atoms with Gasteiger partial charge in [0, 0.05) is 51.2 Å². The molecule has 9 nitrogen and oxygen atoms in total. The quantitative estimate of drug-likeness (QED) is 0.526. The molecule has 2 aliphatic heterocycles. The van der Waals surface area contributed by atoms with Crippen molar-refractivity contribution in [3.63, 3.8) is 0 Å². The maximum absolute atomic E-state index is 13.7. The molecule has 0 unspecified atom stereocenters. The summed E-state index contributed by atoms with van der Waals surface area (Å²) in [6, 6.07) is 8.28. The maximum atomic E-state index is 13.7. The number of nitrogens with one attached hydrogen (secondary N) is 1. The lowest BCUT2D eigenvalue weighted by atomic mass is 10.2. The number of piperazine rings is 1. The predicted octanol–water partition coefficient (Wildman–Crippen LogP) is 3.33. The van der Waals surface area contributed by atoms with Crippen molar-refractivity contribution in [2.75, 3.05) is 72.5 Å². The van der Waals surface area contributed by atoms with Gasteiger partial charge in [-0.15, -0.1) is 0 Å². The van der Waals surface area contributed by atoms with Gasteiger partial charge >= 0.3 is 6.18 Å². The summed E-state index contributed by atoms with van der Waals surface area (Å²) in [7, 11) is 0. The number of anilines is 5. The monoisotopic (exact) mass is 504 g/mol. The van der Waals surface area contributed by atoms with Crippen LogP contribution in [-0.4, -0.2) is 72.4 Å². The van der Waals surface area contributed by atoms with Crippen molar-refractivity contribution in [2.24, 2.45) is 0 Å². The van der Waals surface area contributed by atoms with E-state index in [1.54, 1.807) is 17.0 Å². The Morgan fingerprint density at radius 3 is 2.14 bits per heavy atom. The van der Waals surface area contributed by atoms with E-state index in [0.717, 1.165) is 6.07 Å². The first kappa shape index (κ1) is 24.0. The molecule has 0 radical (unpaired) electrons. The number of benzene rings is 1. The molecule has 2 aliphatic rings. The number of aromatic nitrogens is 4. The van der Waals surface area contributed by atoms with Gasteiger partial charge in [-0.1, -0.05) is 6.07 Å². The molecule has 0 atom stereocenters. The first-order chi connectivity index (χ1) is 17.4. The van der Waals surface area contributed by atoms with E-state index in [2.05, 4.69) is 25.3 Å². The van der Waals surface area contributed by atoms with E-state index in [-0.39, 0.29) is 11.8 Å². The second-order valence-electron chi connectivity index (χ2n) is 8.34. The molecule has 190 valence electrons. The fraction of sp³-hybridized carbons (Fsp3) is 0.391. The van der Waals surface area contributed by atoms with E-state index >= 15 is 0 Å². The van der Waals surface area contributed by atoms with Gasteiger partial charge in [-0.2, -0.15) is 28.1 Å². The summed E-state index contributed by atoms with van der Waals surface area (Å²) >= 11 is 0. The van der Waals surface area contributed by atoms with Crippen molar-refractivity contribution in [1.29, 1.82) is 0 Å². The molecule has 1 N–H and O–H groups in total. The number of hydrogen-bond donors (Lipinski definition) is 1. The minimum absolute atomic E-state index is 0.0808. The molecule has 2 aromatic heterocycles. The molecule has 36 heavy (non-hydrogen) atoms. The van der Waals surface area contributed by atoms with Crippen LogP contribution in [0.3, 0.4) is 0 Å². The van der Waals surface area contributed by atoms with Gasteiger partial charge < -0.3 is 24.8 Å². The summed E-state index contributed by atoms with van der Waals surface area (Å²) in [5, 5.41) is 3.03. The van der Waals surface area contributed by atoms with E-state index < -0.39 is 17.6 Å². The van der Waals surface area contributed by atoms with E-state index in [0.29, 0.717) is 70.1 Å². The Kier molecular flexibility index (Phi) is 6.72. The molecule has 0 aliphatic carbocycles. The van der Waals surface area contributed by atoms with Crippen molar-refractivity contribution in [3.05, 3.63) is 54.0 Å². The van der Waals surface area contributed by atoms with Crippen LogP contribution in [0.1, 0.15) is 5.56 Å².